The van der Waals surface area contributed by atoms with Crippen LogP contribution >= 0.6 is 0 Å². The minimum Gasteiger partial charge on any atom is -0.497 e. The van der Waals surface area contributed by atoms with Gasteiger partial charge in [-0.15, -0.1) is 0 Å². The highest BCUT2D eigenvalue weighted by atomic mass is 19.1. The van der Waals surface area contributed by atoms with Crippen molar-refractivity contribution in [1.29, 1.82) is 0 Å². The fraction of sp³-hybridized carbons (Fsp3) is 0.0588. The van der Waals surface area contributed by atoms with E-state index < -0.39 is 29.2 Å². The maximum atomic E-state index is 13.8. The Balaban J connectivity index is 2.05. The predicted molar refractivity (Wildman–Crippen MR) is 85.6 cm³/mol. The summed E-state index contributed by atoms with van der Waals surface area (Å²) in [6.45, 7) is 0. The van der Waals surface area contributed by atoms with Gasteiger partial charge in [-0.1, -0.05) is 0 Å². The Morgan fingerprint density at radius 3 is 2.44 bits per heavy atom. The number of rotatable bonds is 4. The molecule has 128 valence electrons. The van der Waals surface area contributed by atoms with Crippen LogP contribution in [0.1, 0.15) is 20.9 Å². The predicted octanol–water partition coefficient (Wildman–Crippen LogP) is 3.07. The summed E-state index contributed by atoms with van der Waals surface area (Å²) in [6.07, 6.45) is 0. The minimum absolute atomic E-state index is 0.104. The van der Waals surface area contributed by atoms with Gasteiger partial charge in [-0.2, -0.15) is 0 Å². The number of hydrogen-bond donors (Lipinski definition) is 2. The fourth-order valence-electron chi connectivity index (χ4n) is 2.35. The Bertz CT molecular complexity index is 980. The van der Waals surface area contributed by atoms with E-state index in [2.05, 4.69) is 5.32 Å². The molecule has 25 heavy (non-hydrogen) atoms. The smallest absolute Gasteiger partial charge is 0.286 e. The minimum atomic E-state index is -1.03. The number of hydrogen-bond acceptors (Lipinski definition) is 4. The van der Waals surface area contributed by atoms with E-state index in [1.807, 2.05) is 0 Å². The zero-order valence-electron chi connectivity index (χ0n) is 12.9. The lowest BCUT2D eigenvalue weighted by Crippen LogP contribution is -2.17. The molecular formula is C17H12F2N2O4. The fourth-order valence-corrected chi connectivity index (χ4v) is 2.35. The molecule has 3 N–H and O–H groups in total. The first kappa shape index (κ1) is 16.4. The van der Waals surface area contributed by atoms with Crippen LogP contribution in [0.2, 0.25) is 0 Å². The van der Waals surface area contributed by atoms with Crippen molar-refractivity contribution in [3.63, 3.8) is 0 Å². The van der Waals surface area contributed by atoms with Gasteiger partial charge in [0.05, 0.1) is 12.5 Å². The Morgan fingerprint density at radius 1 is 1.16 bits per heavy atom. The van der Waals surface area contributed by atoms with Crippen molar-refractivity contribution in [3.8, 4) is 5.75 Å². The van der Waals surface area contributed by atoms with Crippen LogP contribution in [0, 0.1) is 11.6 Å². The summed E-state index contributed by atoms with van der Waals surface area (Å²) in [7, 11) is 1.48. The van der Waals surface area contributed by atoms with Gasteiger partial charge >= 0.3 is 0 Å². The number of benzene rings is 2. The number of ether oxygens (including phenoxy) is 1. The summed E-state index contributed by atoms with van der Waals surface area (Å²) < 4.78 is 37.4. The summed E-state index contributed by atoms with van der Waals surface area (Å²) in [5.74, 6) is -3.46. The number of carbonyl (C=O) groups excluding carboxylic acids is 2. The van der Waals surface area contributed by atoms with Crippen molar-refractivity contribution in [2.24, 2.45) is 5.73 Å². The molecule has 0 saturated carbocycles. The number of furan rings is 1. The highest BCUT2D eigenvalue weighted by Crippen LogP contribution is 2.33. The molecule has 1 heterocycles. The number of anilines is 1. The van der Waals surface area contributed by atoms with Crippen LogP contribution in [-0.4, -0.2) is 18.9 Å². The molecule has 0 unspecified atom stereocenters. The molecule has 3 rings (SSSR count). The van der Waals surface area contributed by atoms with E-state index in [4.69, 9.17) is 14.9 Å². The molecule has 0 atom stereocenters. The van der Waals surface area contributed by atoms with E-state index in [0.29, 0.717) is 11.8 Å². The van der Waals surface area contributed by atoms with E-state index >= 15 is 0 Å². The third-order valence-corrected chi connectivity index (χ3v) is 3.52. The maximum Gasteiger partial charge on any atom is 0.286 e. The standard InChI is InChI=1S/C17H12F2N2O4/c1-24-10-4-2-8(3-5-10)17(23)21-13-11-6-9(18)7-12(19)14(11)25-15(13)16(20)22/h2-7H,1H3,(H2,20,22)(H,21,23). The van der Waals surface area contributed by atoms with Gasteiger partial charge in [0.1, 0.15) is 17.3 Å². The van der Waals surface area contributed by atoms with Gasteiger partial charge in [-0.3, -0.25) is 9.59 Å². The number of primary amides is 1. The van der Waals surface area contributed by atoms with Gasteiger partial charge in [0.25, 0.3) is 11.8 Å². The van der Waals surface area contributed by atoms with Gasteiger partial charge in [-0.05, 0) is 30.3 Å². The van der Waals surface area contributed by atoms with E-state index in [0.717, 1.165) is 6.07 Å². The summed E-state index contributed by atoms with van der Waals surface area (Å²) in [5.41, 5.74) is 4.87. The molecule has 1 aromatic heterocycles. The van der Waals surface area contributed by atoms with Crippen LogP contribution in [0.15, 0.2) is 40.8 Å². The first-order valence-corrected chi connectivity index (χ1v) is 7.07. The molecule has 0 fully saturated rings. The highest BCUT2D eigenvalue weighted by Gasteiger charge is 2.23. The second-order valence-corrected chi connectivity index (χ2v) is 5.12. The third kappa shape index (κ3) is 3.01. The van der Waals surface area contributed by atoms with Gasteiger partial charge in [0.2, 0.25) is 5.76 Å². The molecule has 2 aromatic carbocycles. The lowest BCUT2D eigenvalue weighted by molar-refractivity contribution is 0.0977. The average molecular weight is 346 g/mol. The van der Waals surface area contributed by atoms with Crippen molar-refractivity contribution in [3.05, 3.63) is 59.4 Å². The molecule has 0 aliphatic carbocycles. The summed E-state index contributed by atoms with van der Waals surface area (Å²) in [4.78, 5) is 23.9. The first-order valence-electron chi connectivity index (χ1n) is 7.07. The number of carbonyl (C=O) groups is 2. The number of amides is 2. The van der Waals surface area contributed by atoms with E-state index in [1.165, 1.54) is 19.2 Å². The Labute approximate surface area is 140 Å². The van der Waals surface area contributed by atoms with E-state index in [9.17, 15) is 18.4 Å². The van der Waals surface area contributed by atoms with Crippen molar-refractivity contribution in [2.45, 2.75) is 0 Å². The van der Waals surface area contributed by atoms with Crippen molar-refractivity contribution >= 4 is 28.5 Å². The number of halogens is 2. The van der Waals surface area contributed by atoms with Crippen molar-refractivity contribution in [2.75, 3.05) is 12.4 Å². The normalized spacial score (nSPS) is 10.7. The summed E-state index contributed by atoms with van der Waals surface area (Å²) in [5, 5.41) is 2.31. The van der Waals surface area contributed by atoms with E-state index in [1.54, 1.807) is 12.1 Å². The van der Waals surface area contributed by atoms with Crippen LogP contribution in [0.5, 0.6) is 5.75 Å². The molecule has 3 aromatic rings. The molecule has 8 heteroatoms. The van der Waals surface area contributed by atoms with Crippen LogP contribution in [-0.2, 0) is 0 Å². The van der Waals surface area contributed by atoms with Crippen molar-refractivity contribution < 1.29 is 27.5 Å². The average Bonchev–Trinajstić information content (AvgIpc) is 2.94. The molecule has 6 nitrogen and oxygen atoms in total. The number of methoxy groups -OCH3 is 1. The van der Waals surface area contributed by atoms with E-state index in [-0.39, 0.29) is 22.2 Å². The zero-order chi connectivity index (χ0) is 18.1. The number of nitrogens with one attached hydrogen (secondary N) is 1. The van der Waals surface area contributed by atoms with Gasteiger partial charge in [0.15, 0.2) is 11.4 Å². The molecule has 0 aliphatic rings. The molecule has 2 amide bonds. The number of nitrogens with two attached hydrogens (primary N) is 1. The summed E-state index contributed by atoms with van der Waals surface area (Å²) >= 11 is 0. The molecule has 0 aliphatic heterocycles. The first-order chi connectivity index (χ1) is 11.9. The summed E-state index contributed by atoms with van der Waals surface area (Å²) in [6, 6.07) is 7.65. The quantitative estimate of drug-likeness (QED) is 0.759. The Hall–Kier alpha value is -3.42. The zero-order valence-corrected chi connectivity index (χ0v) is 12.9. The van der Waals surface area contributed by atoms with Crippen LogP contribution in [0.4, 0.5) is 14.5 Å². The van der Waals surface area contributed by atoms with Gasteiger partial charge in [-0.25, -0.2) is 8.78 Å². The molecule has 0 radical (unpaired) electrons. The highest BCUT2D eigenvalue weighted by molar-refractivity contribution is 6.14. The van der Waals surface area contributed by atoms with Crippen LogP contribution in [0.25, 0.3) is 11.0 Å². The Morgan fingerprint density at radius 2 is 1.84 bits per heavy atom. The number of fused-ring (bicyclic) bond motifs is 1. The lowest BCUT2D eigenvalue weighted by Gasteiger charge is -2.06. The third-order valence-electron chi connectivity index (χ3n) is 3.52. The molecule has 0 saturated heterocycles. The second kappa shape index (κ2) is 6.23. The monoisotopic (exact) mass is 346 g/mol. The topological polar surface area (TPSA) is 94.6 Å². The van der Waals surface area contributed by atoms with Gasteiger partial charge < -0.3 is 20.2 Å². The SMILES string of the molecule is COc1ccc(C(=O)Nc2c(C(N)=O)oc3c(F)cc(F)cc23)cc1. The molecule has 0 spiro atoms. The Kier molecular flexibility index (Phi) is 4.10. The van der Waals surface area contributed by atoms with Crippen LogP contribution < -0.4 is 15.8 Å². The molecule has 0 bridgehead atoms. The lowest BCUT2D eigenvalue weighted by atomic mass is 10.1. The van der Waals surface area contributed by atoms with Crippen molar-refractivity contribution in [1.82, 2.24) is 0 Å². The van der Waals surface area contributed by atoms with Gasteiger partial charge in [0, 0.05) is 11.6 Å². The molecular weight excluding hydrogens is 334 g/mol. The van der Waals surface area contributed by atoms with Crippen LogP contribution in [0.3, 0.4) is 0 Å². The second-order valence-electron chi connectivity index (χ2n) is 5.12. The largest absolute Gasteiger partial charge is 0.497 e. The maximum absolute atomic E-state index is 13.8.